The van der Waals surface area contributed by atoms with Crippen molar-refractivity contribution in [1.82, 2.24) is 9.97 Å². The third kappa shape index (κ3) is 3.65. The number of carbonyl (C=O) groups excluding carboxylic acids is 1. The van der Waals surface area contributed by atoms with E-state index in [-0.39, 0.29) is 29.0 Å². The van der Waals surface area contributed by atoms with Gasteiger partial charge < -0.3 is 11.5 Å². The zero-order valence-corrected chi connectivity index (χ0v) is 10.7. The van der Waals surface area contributed by atoms with Crippen LogP contribution >= 0.6 is 11.8 Å². The van der Waals surface area contributed by atoms with Crippen molar-refractivity contribution in [2.75, 3.05) is 17.2 Å². The lowest BCUT2D eigenvalue weighted by atomic mass is 10.1. The summed E-state index contributed by atoms with van der Waals surface area (Å²) in [4.78, 5) is 19.7. The highest BCUT2D eigenvalue weighted by molar-refractivity contribution is 7.99. The fourth-order valence-electron chi connectivity index (χ4n) is 1.38. The molecule has 98 valence electrons. The molecule has 0 atom stereocenters. The number of carbonyl (C=O) groups is 1. The van der Waals surface area contributed by atoms with Crippen LogP contribution in [-0.4, -0.2) is 21.5 Å². The van der Waals surface area contributed by atoms with Crippen molar-refractivity contribution >= 4 is 29.2 Å². The Labute approximate surface area is 113 Å². The fourth-order valence-corrected chi connectivity index (χ4v) is 2.14. The molecule has 0 saturated heterocycles. The summed E-state index contributed by atoms with van der Waals surface area (Å²) in [5.74, 6) is 0.119. The third-order valence-electron chi connectivity index (χ3n) is 2.24. The molecule has 0 radical (unpaired) electrons. The summed E-state index contributed by atoms with van der Waals surface area (Å²) >= 11 is 1.13. The third-order valence-corrected chi connectivity index (χ3v) is 3.09. The Bertz CT molecular complexity index is 583. The van der Waals surface area contributed by atoms with E-state index in [1.165, 1.54) is 30.3 Å². The first-order valence-corrected chi connectivity index (χ1v) is 6.35. The molecule has 0 unspecified atom stereocenters. The van der Waals surface area contributed by atoms with Gasteiger partial charge in [0, 0.05) is 11.6 Å². The molecule has 19 heavy (non-hydrogen) atoms. The molecule has 0 spiro atoms. The van der Waals surface area contributed by atoms with Crippen molar-refractivity contribution in [2.45, 2.75) is 5.16 Å². The molecule has 0 amide bonds. The number of Topliss-reactive ketones (excluding diaryl/α,β-unsaturated/α-hetero) is 1. The Balaban J connectivity index is 2.02. The van der Waals surface area contributed by atoms with Crippen LogP contribution in [0.2, 0.25) is 0 Å². The van der Waals surface area contributed by atoms with Gasteiger partial charge in [-0.15, -0.1) is 0 Å². The summed E-state index contributed by atoms with van der Waals surface area (Å²) in [5, 5.41) is 0.341. The minimum atomic E-state index is -0.379. The molecular weight excluding hydrogens is 267 g/mol. The first-order chi connectivity index (χ1) is 9.04. The maximum absolute atomic E-state index is 12.7. The number of benzene rings is 1. The standard InChI is InChI=1S/C12H11FN4OS/c13-8-3-1-7(2-4-8)9(18)6-19-12-16-10(14)5-11(15)17-12/h1-5H,6H2,(H4,14,15,16,17). The number of rotatable bonds is 4. The van der Waals surface area contributed by atoms with E-state index in [4.69, 9.17) is 11.5 Å². The topological polar surface area (TPSA) is 94.9 Å². The smallest absolute Gasteiger partial charge is 0.191 e. The molecule has 2 aromatic rings. The molecule has 1 aromatic carbocycles. The van der Waals surface area contributed by atoms with Gasteiger partial charge in [0.05, 0.1) is 5.75 Å². The molecule has 5 nitrogen and oxygen atoms in total. The van der Waals surface area contributed by atoms with E-state index in [0.29, 0.717) is 10.7 Å². The Morgan fingerprint density at radius 2 is 1.74 bits per heavy atom. The summed E-state index contributed by atoms with van der Waals surface area (Å²) in [6.45, 7) is 0. The number of halogens is 1. The summed E-state index contributed by atoms with van der Waals surface area (Å²) in [6, 6.07) is 6.80. The van der Waals surface area contributed by atoms with Crippen molar-refractivity contribution in [3.05, 3.63) is 41.7 Å². The lowest BCUT2D eigenvalue weighted by Crippen LogP contribution is -2.04. The first kappa shape index (κ1) is 13.3. The molecule has 0 fully saturated rings. The molecule has 0 aliphatic heterocycles. The molecule has 1 heterocycles. The molecule has 4 N–H and O–H groups in total. The number of ketones is 1. The van der Waals surface area contributed by atoms with Crippen molar-refractivity contribution in [2.24, 2.45) is 0 Å². The van der Waals surface area contributed by atoms with Gasteiger partial charge in [-0.25, -0.2) is 14.4 Å². The highest BCUT2D eigenvalue weighted by atomic mass is 32.2. The van der Waals surface area contributed by atoms with Gasteiger partial charge in [0.1, 0.15) is 17.5 Å². The van der Waals surface area contributed by atoms with E-state index < -0.39 is 0 Å². The number of hydrogen-bond acceptors (Lipinski definition) is 6. The maximum atomic E-state index is 12.7. The molecule has 7 heteroatoms. The van der Waals surface area contributed by atoms with E-state index in [1.54, 1.807) is 0 Å². The van der Waals surface area contributed by atoms with Gasteiger partial charge in [0.15, 0.2) is 10.9 Å². The Morgan fingerprint density at radius 3 is 2.32 bits per heavy atom. The zero-order chi connectivity index (χ0) is 13.8. The zero-order valence-electron chi connectivity index (χ0n) is 9.84. The summed E-state index contributed by atoms with van der Waals surface area (Å²) in [7, 11) is 0. The van der Waals surface area contributed by atoms with Crippen LogP contribution in [-0.2, 0) is 0 Å². The quantitative estimate of drug-likeness (QED) is 0.502. The minimum absolute atomic E-state index is 0.133. The normalized spacial score (nSPS) is 10.4. The highest BCUT2D eigenvalue weighted by Crippen LogP contribution is 2.18. The number of hydrogen-bond donors (Lipinski definition) is 2. The van der Waals surface area contributed by atoms with E-state index in [1.807, 2.05) is 0 Å². The van der Waals surface area contributed by atoms with Gasteiger partial charge in [0.2, 0.25) is 0 Å². The van der Waals surface area contributed by atoms with Crippen LogP contribution in [0.3, 0.4) is 0 Å². The summed E-state index contributed by atoms with van der Waals surface area (Å²) in [5.41, 5.74) is 11.5. The fraction of sp³-hybridized carbons (Fsp3) is 0.0833. The number of thioether (sulfide) groups is 1. The van der Waals surface area contributed by atoms with Gasteiger partial charge in [-0.1, -0.05) is 11.8 Å². The van der Waals surface area contributed by atoms with Crippen molar-refractivity contribution in [3.8, 4) is 0 Å². The van der Waals surface area contributed by atoms with Crippen LogP contribution in [0.1, 0.15) is 10.4 Å². The van der Waals surface area contributed by atoms with Crippen LogP contribution in [0.4, 0.5) is 16.0 Å². The molecule has 0 aliphatic rings. The molecule has 0 aliphatic carbocycles. The van der Waals surface area contributed by atoms with E-state index in [9.17, 15) is 9.18 Å². The van der Waals surface area contributed by atoms with E-state index in [0.717, 1.165) is 11.8 Å². The molecule has 2 rings (SSSR count). The SMILES string of the molecule is Nc1cc(N)nc(SCC(=O)c2ccc(F)cc2)n1. The van der Waals surface area contributed by atoms with Crippen LogP contribution in [0.15, 0.2) is 35.5 Å². The van der Waals surface area contributed by atoms with E-state index >= 15 is 0 Å². The monoisotopic (exact) mass is 278 g/mol. The Morgan fingerprint density at radius 1 is 1.16 bits per heavy atom. The average molecular weight is 278 g/mol. The van der Waals surface area contributed by atoms with Gasteiger partial charge in [-0.05, 0) is 24.3 Å². The molecule has 0 bridgehead atoms. The highest BCUT2D eigenvalue weighted by Gasteiger charge is 2.09. The second kappa shape index (κ2) is 5.66. The van der Waals surface area contributed by atoms with Crippen LogP contribution in [0, 0.1) is 5.82 Å². The lowest BCUT2D eigenvalue weighted by molar-refractivity contribution is 0.102. The predicted molar refractivity (Wildman–Crippen MR) is 72.3 cm³/mol. The summed E-state index contributed by atoms with van der Waals surface area (Å²) < 4.78 is 12.7. The number of nitrogen functional groups attached to an aromatic ring is 2. The lowest BCUT2D eigenvalue weighted by Gasteiger charge is -2.02. The number of aromatic nitrogens is 2. The molecular formula is C12H11FN4OS. The van der Waals surface area contributed by atoms with Crippen molar-refractivity contribution in [3.63, 3.8) is 0 Å². The van der Waals surface area contributed by atoms with Gasteiger partial charge >= 0.3 is 0 Å². The average Bonchev–Trinajstić information content (AvgIpc) is 2.36. The van der Waals surface area contributed by atoms with Crippen molar-refractivity contribution in [1.29, 1.82) is 0 Å². The maximum Gasteiger partial charge on any atom is 0.191 e. The first-order valence-electron chi connectivity index (χ1n) is 5.36. The van der Waals surface area contributed by atoms with Gasteiger partial charge in [-0.2, -0.15) is 0 Å². The van der Waals surface area contributed by atoms with Crippen LogP contribution < -0.4 is 11.5 Å². The second-order valence-electron chi connectivity index (χ2n) is 3.72. The second-order valence-corrected chi connectivity index (χ2v) is 4.66. The number of nitrogens with two attached hydrogens (primary N) is 2. The largest absolute Gasteiger partial charge is 0.383 e. The molecule has 1 aromatic heterocycles. The predicted octanol–water partition coefficient (Wildman–Crippen LogP) is 1.76. The van der Waals surface area contributed by atoms with Crippen LogP contribution in [0.25, 0.3) is 0 Å². The summed E-state index contributed by atoms with van der Waals surface area (Å²) in [6.07, 6.45) is 0. The number of nitrogens with zero attached hydrogens (tertiary/aromatic N) is 2. The van der Waals surface area contributed by atoms with E-state index in [2.05, 4.69) is 9.97 Å². The van der Waals surface area contributed by atoms with Gasteiger partial charge in [-0.3, -0.25) is 4.79 Å². The minimum Gasteiger partial charge on any atom is -0.383 e. The van der Waals surface area contributed by atoms with Gasteiger partial charge in [0.25, 0.3) is 0 Å². The van der Waals surface area contributed by atoms with Crippen LogP contribution in [0.5, 0.6) is 0 Å². The Hall–Kier alpha value is -2.15. The number of anilines is 2. The molecule has 0 saturated carbocycles. The van der Waals surface area contributed by atoms with Crippen molar-refractivity contribution < 1.29 is 9.18 Å². The Kier molecular flexibility index (Phi) is 3.96.